The van der Waals surface area contributed by atoms with Crippen LogP contribution in [0.1, 0.15) is 37.8 Å². The summed E-state index contributed by atoms with van der Waals surface area (Å²) in [5.74, 6) is 0.615. The summed E-state index contributed by atoms with van der Waals surface area (Å²) in [5, 5.41) is 2.78. The molecule has 2 amide bonds. The van der Waals surface area contributed by atoms with Gasteiger partial charge in [0.1, 0.15) is 19.3 Å². The third-order valence-electron chi connectivity index (χ3n) is 6.09. The number of sulfonamides is 1. The largest absolute Gasteiger partial charge is 0.486 e. The third-order valence-corrected chi connectivity index (χ3v) is 7.28. The Morgan fingerprint density at radius 3 is 2.44 bits per heavy atom. The Kier molecular flexibility index (Phi) is 9.19. The SMILES string of the molecule is CCNC(=O)[C@H](C)N(Cc1ccccc1C)C(=O)CCCN(c1ccc2c(c1)OCCO2)S(C)(=O)=O. The molecule has 0 aromatic heterocycles. The number of rotatable bonds is 11. The molecule has 0 spiro atoms. The Hall–Kier alpha value is -3.27. The van der Waals surface area contributed by atoms with E-state index in [0.29, 0.717) is 43.5 Å². The predicted octanol–water partition coefficient (Wildman–Crippen LogP) is 2.87. The summed E-state index contributed by atoms with van der Waals surface area (Å²) in [6.45, 7) is 7.21. The second-order valence-electron chi connectivity index (χ2n) is 8.79. The topological polar surface area (TPSA) is 105 Å². The van der Waals surface area contributed by atoms with Gasteiger partial charge in [0.05, 0.1) is 11.9 Å². The molecule has 1 N–H and O–H groups in total. The summed E-state index contributed by atoms with van der Waals surface area (Å²) in [6, 6.07) is 12.1. The minimum absolute atomic E-state index is 0.0895. The van der Waals surface area contributed by atoms with E-state index < -0.39 is 16.1 Å². The van der Waals surface area contributed by atoms with E-state index in [1.165, 1.54) is 4.31 Å². The average Bonchev–Trinajstić information content (AvgIpc) is 2.84. The second kappa shape index (κ2) is 12.1. The molecule has 1 aliphatic heterocycles. The van der Waals surface area contributed by atoms with Gasteiger partial charge in [-0.25, -0.2) is 8.42 Å². The number of amides is 2. The Morgan fingerprint density at radius 2 is 1.78 bits per heavy atom. The highest BCUT2D eigenvalue weighted by Crippen LogP contribution is 2.34. The minimum Gasteiger partial charge on any atom is -0.486 e. The van der Waals surface area contributed by atoms with E-state index in [4.69, 9.17) is 9.47 Å². The van der Waals surface area contributed by atoms with E-state index in [9.17, 15) is 18.0 Å². The number of benzene rings is 2. The van der Waals surface area contributed by atoms with Crippen molar-refractivity contribution in [3.63, 3.8) is 0 Å². The second-order valence-corrected chi connectivity index (χ2v) is 10.7. The van der Waals surface area contributed by atoms with Crippen molar-refractivity contribution in [2.45, 2.75) is 46.2 Å². The van der Waals surface area contributed by atoms with Crippen molar-refractivity contribution in [3.8, 4) is 11.5 Å². The lowest BCUT2D eigenvalue weighted by molar-refractivity contribution is -0.140. The van der Waals surface area contributed by atoms with Crippen LogP contribution in [0, 0.1) is 6.92 Å². The highest BCUT2D eigenvalue weighted by Gasteiger charge is 2.27. The van der Waals surface area contributed by atoms with Gasteiger partial charge >= 0.3 is 0 Å². The number of ether oxygens (including phenoxy) is 2. The van der Waals surface area contributed by atoms with E-state index in [1.54, 1.807) is 30.0 Å². The fourth-order valence-electron chi connectivity index (χ4n) is 4.07. The molecule has 1 aliphatic rings. The number of carbonyl (C=O) groups is 2. The van der Waals surface area contributed by atoms with Crippen LogP contribution < -0.4 is 19.1 Å². The first-order chi connectivity index (χ1) is 17.1. The first-order valence-electron chi connectivity index (χ1n) is 12.1. The summed E-state index contributed by atoms with van der Waals surface area (Å²) < 4.78 is 37.5. The zero-order valence-corrected chi connectivity index (χ0v) is 22.1. The van der Waals surface area contributed by atoms with Crippen LogP contribution >= 0.6 is 0 Å². The van der Waals surface area contributed by atoms with Crippen LogP contribution in [0.15, 0.2) is 42.5 Å². The van der Waals surface area contributed by atoms with Gasteiger partial charge in [-0.2, -0.15) is 0 Å². The van der Waals surface area contributed by atoms with Gasteiger partial charge in [0.25, 0.3) is 0 Å². The van der Waals surface area contributed by atoms with Crippen LogP contribution in [-0.4, -0.2) is 63.7 Å². The zero-order valence-electron chi connectivity index (χ0n) is 21.3. The number of likely N-dealkylation sites (N-methyl/N-ethyl adjacent to an activating group) is 1. The molecule has 196 valence electrons. The van der Waals surface area contributed by atoms with Gasteiger partial charge in [0, 0.05) is 32.1 Å². The molecule has 0 unspecified atom stereocenters. The van der Waals surface area contributed by atoms with Crippen molar-refractivity contribution >= 4 is 27.5 Å². The molecular weight excluding hydrogens is 482 g/mol. The Labute approximate surface area is 213 Å². The normalized spacial score (nSPS) is 13.6. The molecule has 0 radical (unpaired) electrons. The van der Waals surface area contributed by atoms with Gasteiger partial charge < -0.3 is 19.7 Å². The summed E-state index contributed by atoms with van der Waals surface area (Å²) in [5.41, 5.74) is 2.43. The molecule has 0 aliphatic carbocycles. The van der Waals surface area contributed by atoms with Gasteiger partial charge in [-0.15, -0.1) is 0 Å². The van der Waals surface area contributed by atoms with Crippen LogP contribution in [0.2, 0.25) is 0 Å². The first kappa shape index (κ1) is 27.3. The Balaban J connectivity index is 1.74. The fraction of sp³-hybridized carbons (Fsp3) is 0.462. The van der Waals surface area contributed by atoms with E-state index in [-0.39, 0.29) is 31.2 Å². The third kappa shape index (κ3) is 6.90. The molecule has 10 heteroatoms. The van der Waals surface area contributed by atoms with Crippen LogP contribution in [0.5, 0.6) is 11.5 Å². The highest BCUT2D eigenvalue weighted by molar-refractivity contribution is 7.92. The van der Waals surface area contributed by atoms with Crippen LogP contribution in [-0.2, 0) is 26.2 Å². The van der Waals surface area contributed by atoms with Crippen LogP contribution in [0.3, 0.4) is 0 Å². The number of hydrogen-bond acceptors (Lipinski definition) is 6. The van der Waals surface area contributed by atoms with Crippen molar-refractivity contribution < 1.29 is 27.5 Å². The van der Waals surface area contributed by atoms with Crippen molar-refractivity contribution in [2.75, 3.05) is 36.9 Å². The fourth-order valence-corrected chi connectivity index (χ4v) is 5.02. The summed E-state index contributed by atoms with van der Waals surface area (Å²) in [7, 11) is -3.61. The molecule has 36 heavy (non-hydrogen) atoms. The number of anilines is 1. The number of nitrogens with zero attached hydrogens (tertiary/aromatic N) is 2. The number of aryl methyl sites for hydroxylation is 1. The first-order valence-corrected chi connectivity index (χ1v) is 14.0. The van der Waals surface area contributed by atoms with Crippen molar-refractivity contribution in [1.82, 2.24) is 10.2 Å². The maximum atomic E-state index is 13.3. The smallest absolute Gasteiger partial charge is 0.242 e. The molecule has 0 bridgehead atoms. The Bertz CT molecular complexity index is 1180. The van der Waals surface area contributed by atoms with E-state index >= 15 is 0 Å². The van der Waals surface area contributed by atoms with Crippen LogP contribution in [0.25, 0.3) is 0 Å². The lowest BCUT2D eigenvalue weighted by Gasteiger charge is -2.30. The summed E-state index contributed by atoms with van der Waals surface area (Å²) >= 11 is 0. The molecule has 0 saturated carbocycles. The number of hydrogen-bond donors (Lipinski definition) is 1. The van der Waals surface area contributed by atoms with E-state index in [1.807, 2.05) is 38.1 Å². The molecule has 0 saturated heterocycles. The van der Waals surface area contributed by atoms with Gasteiger partial charge in [0.15, 0.2) is 11.5 Å². The number of fused-ring (bicyclic) bond motifs is 1. The lowest BCUT2D eigenvalue weighted by Crippen LogP contribution is -2.47. The number of carbonyl (C=O) groups excluding carboxylic acids is 2. The zero-order chi connectivity index (χ0) is 26.3. The summed E-state index contributed by atoms with van der Waals surface area (Å²) in [4.78, 5) is 27.4. The monoisotopic (exact) mass is 517 g/mol. The molecule has 2 aromatic rings. The average molecular weight is 518 g/mol. The minimum atomic E-state index is -3.61. The quantitative estimate of drug-likeness (QED) is 0.492. The molecule has 1 atom stereocenters. The van der Waals surface area contributed by atoms with Crippen molar-refractivity contribution in [2.24, 2.45) is 0 Å². The number of nitrogens with one attached hydrogen (secondary N) is 1. The molecule has 0 fully saturated rings. The highest BCUT2D eigenvalue weighted by atomic mass is 32.2. The Morgan fingerprint density at radius 1 is 1.08 bits per heavy atom. The molecule has 3 rings (SSSR count). The van der Waals surface area contributed by atoms with Gasteiger partial charge in [0.2, 0.25) is 21.8 Å². The maximum Gasteiger partial charge on any atom is 0.242 e. The molecule has 1 heterocycles. The predicted molar refractivity (Wildman–Crippen MR) is 139 cm³/mol. The maximum absolute atomic E-state index is 13.3. The van der Waals surface area contributed by atoms with Gasteiger partial charge in [-0.1, -0.05) is 24.3 Å². The van der Waals surface area contributed by atoms with Gasteiger partial charge in [-0.3, -0.25) is 13.9 Å². The van der Waals surface area contributed by atoms with E-state index in [0.717, 1.165) is 17.4 Å². The van der Waals surface area contributed by atoms with Crippen molar-refractivity contribution in [1.29, 1.82) is 0 Å². The van der Waals surface area contributed by atoms with E-state index in [2.05, 4.69) is 5.32 Å². The summed E-state index contributed by atoms with van der Waals surface area (Å²) in [6.07, 6.45) is 1.51. The lowest BCUT2D eigenvalue weighted by atomic mass is 10.1. The molecular formula is C26H35N3O6S. The van der Waals surface area contributed by atoms with Crippen LogP contribution in [0.4, 0.5) is 5.69 Å². The molecule has 2 aromatic carbocycles. The van der Waals surface area contributed by atoms with Crippen molar-refractivity contribution in [3.05, 3.63) is 53.6 Å². The standard InChI is InChI=1S/C26H35N3O6S/c1-5-27-26(31)20(3)28(18-21-10-7-6-9-19(21)2)25(30)11-8-14-29(36(4,32)33)22-12-13-23-24(17-22)35-16-15-34-23/h6-7,9-10,12-13,17,20H,5,8,11,14-16,18H2,1-4H3,(H,27,31)/t20-/m0/s1. The van der Waals surface area contributed by atoms with Gasteiger partial charge in [-0.05, 0) is 50.5 Å². The molecule has 9 nitrogen and oxygen atoms in total.